The monoisotopic (exact) mass is 386 g/mol. The van der Waals surface area contributed by atoms with Gasteiger partial charge in [-0.15, -0.1) is 0 Å². The largest absolute Gasteiger partial charge is 0.0668 e. The molecule has 0 radical (unpaired) electrons. The molecule has 2 unspecified atom stereocenters. The molecule has 0 N–H and O–H groups in total. The van der Waals surface area contributed by atoms with Crippen LogP contribution in [-0.2, 0) is 6.42 Å². The van der Waals surface area contributed by atoms with Gasteiger partial charge < -0.3 is 0 Å². The maximum absolute atomic E-state index is 2.58. The Morgan fingerprint density at radius 3 is 2.13 bits per heavy atom. The van der Waals surface area contributed by atoms with Crippen LogP contribution in [0.25, 0.3) is 38.4 Å². The van der Waals surface area contributed by atoms with Crippen molar-refractivity contribution >= 4 is 38.4 Å². The van der Waals surface area contributed by atoms with Crippen molar-refractivity contribution in [2.24, 2.45) is 11.8 Å². The summed E-state index contributed by atoms with van der Waals surface area (Å²) in [6.07, 6.45) is 13.2. The van der Waals surface area contributed by atoms with Crippen LogP contribution in [0.3, 0.4) is 0 Å². The van der Waals surface area contributed by atoms with Gasteiger partial charge in [-0.3, -0.25) is 0 Å². The minimum Gasteiger partial charge on any atom is -0.0668 e. The molecule has 7 rings (SSSR count). The maximum Gasteiger partial charge on any atom is -0.0115 e. The lowest BCUT2D eigenvalue weighted by molar-refractivity contribution is 0.361. The second kappa shape index (κ2) is 6.32. The second-order valence-corrected chi connectivity index (χ2v) is 9.74. The van der Waals surface area contributed by atoms with Gasteiger partial charge in [-0.25, -0.2) is 0 Å². The maximum atomic E-state index is 2.58. The Kier molecular flexibility index (Phi) is 3.56. The SMILES string of the molecule is C1=C2C=C3CCCCC3CC2Cc2cc3cc4cc5ccccc5cc4cc3cc21. The molecular weight excluding hydrogens is 360 g/mol. The van der Waals surface area contributed by atoms with E-state index in [4.69, 9.17) is 0 Å². The van der Waals surface area contributed by atoms with E-state index in [2.05, 4.69) is 72.8 Å². The molecule has 4 aromatic carbocycles. The van der Waals surface area contributed by atoms with Crippen molar-refractivity contribution in [2.75, 3.05) is 0 Å². The van der Waals surface area contributed by atoms with Gasteiger partial charge in [0.05, 0.1) is 0 Å². The van der Waals surface area contributed by atoms with Crippen LogP contribution in [0.4, 0.5) is 0 Å². The summed E-state index contributed by atoms with van der Waals surface area (Å²) >= 11 is 0. The molecule has 0 heterocycles. The van der Waals surface area contributed by atoms with Gasteiger partial charge in [-0.05, 0) is 123 Å². The Bertz CT molecular complexity index is 1400. The van der Waals surface area contributed by atoms with Crippen molar-refractivity contribution < 1.29 is 0 Å². The molecular formula is C30H26. The summed E-state index contributed by atoms with van der Waals surface area (Å²) in [6, 6.07) is 23.1. The van der Waals surface area contributed by atoms with Crippen molar-refractivity contribution in [1.29, 1.82) is 0 Å². The summed E-state index contributed by atoms with van der Waals surface area (Å²) in [5.74, 6) is 1.59. The molecule has 1 saturated carbocycles. The smallest absolute Gasteiger partial charge is 0.0115 e. The van der Waals surface area contributed by atoms with Crippen molar-refractivity contribution in [2.45, 2.75) is 38.5 Å². The van der Waals surface area contributed by atoms with Gasteiger partial charge in [0.15, 0.2) is 0 Å². The standard InChI is InChI=1S/C30H26/c1-2-6-20-10-24-14-28-18-30-16-26-12-22-8-4-3-7-21(22)11-25(26)15-29(30)17-27(28)13-23(24)9-19(20)5-1/h1-2,5-6,9-11,13-15,17-18,22,26H,3-4,7-8,12,16H2. The summed E-state index contributed by atoms with van der Waals surface area (Å²) in [5, 5.41) is 8.09. The molecule has 3 aliphatic carbocycles. The van der Waals surface area contributed by atoms with Crippen molar-refractivity contribution in [1.82, 2.24) is 0 Å². The first-order valence-electron chi connectivity index (χ1n) is 11.6. The first-order chi connectivity index (χ1) is 14.8. The molecule has 0 bridgehead atoms. The van der Waals surface area contributed by atoms with Gasteiger partial charge in [0, 0.05) is 0 Å². The minimum absolute atomic E-state index is 0.728. The quantitative estimate of drug-likeness (QED) is 0.267. The average Bonchev–Trinajstić information content (AvgIpc) is 2.77. The molecule has 0 amide bonds. The molecule has 1 fully saturated rings. The van der Waals surface area contributed by atoms with Crippen LogP contribution in [-0.4, -0.2) is 0 Å². The van der Waals surface area contributed by atoms with Crippen molar-refractivity contribution in [3.63, 3.8) is 0 Å². The van der Waals surface area contributed by atoms with Gasteiger partial charge in [-0.2, -0.15) is 0 Å². The zero-order valence-corrected chi connectivity index (χ0v) is 17.3. The first kappa shape index (κ1) is 16.9. The third kappa shape index (κ3) is 2.59. The predicted octanol–water partition coefficient (Wildman–Crippen LogP) is 8.22. The van der Waals surface area contributed by atoms with E-state index in [0.717, 1.165) is 11.8 Å². The number of hydrogen-bond donors (Lipinski definition) is 0. The highest BCUT2D eigenvalue weighted by molar-refractivity contribution is 6.05. The minimum atomic E-state index is 0.728. The Labute approximate surface area is 177 Å². The fourth-order valence-corrected chi connectivity index (χ4v) is 6.31. The van der Waals surface area contributed by atoms with Gasteiger partial charge in [0.1, 0.15) is 0 Å². The topological polar surface area (TPSA) is 0 Å². The van der Waals surface area contributed by atoms with Crippen molar-refractivity contribution in [3.05, 3.63) is 89.0 Å². The van der Waals surface area contributed by atoms with Gasteiger partial charge in [-0.1, -0.05) is 54.5 Å². The third-order valence-corrected chi connectivity index (χ3v) is 7.89. The highest BCUT2D eigenvalue weighted by atomic mass is 14.4. The second-order valence-electron chi connectivity index (χ2n) is 9.74. The van der Waals surface area contributed by atoms with Crippen LogP contribution in [0.2, 0.25) is 0 Å². The molecule has 0 aromatic heterocycles. The third-order valence-electron chi connectivity index (χ3n) is 7.89. The van der Waals surface area contributed by atoms with E-state index in [9.17, 15) is 0 Å². The van der Waals surface area contributed by atoms with Crippen LogP contribution in [0.1, 0.15) is 43.2 Å². The van der Waals surface area contributed by atoms with Crippen molar-refractivity contribution in [3.8, 4) is 0 Å². The molecule has 0 nitrogen and oxygen atoms in total. The molecule has 4 aromatic rings. The molecule has 146 valence electrons. The normalized spacial score (nSPS) is 22.9. The van der Waals surface area contributed by atoms with E-state index >= 15 is 0 Å². The summed E-state index contributed by atoms with van der Waals surface area (Å²) in [5.41, 5.74) is 6.33. The van der Waals surface area contributed by atoms with Gasteiger partial charge in [0.2, 0.25) is 0 Å². The number of hydrogen-bond acceptors (Lipinski definition) is 0. The molecule has 3 aliphatic rings. The van der Waals surface area contributed by atoms with Gasteiger partial charge >= 0.3 is 0 Å². The molecule has 30 heavy (non-hydrogen) atoms. The average molecular weight is 387 g/mol. The van der Waals surface area contributed by atoms with E-state index in [1.54, 1.807) is 16.7 Å². The van der Waals surface area contributed by atoms with Crippen LogP contribution >= 0.6 is 0 Å². The number of allylic oxidation sites excluding steroid dienone is 3. The molecule has 0 aliphatic heterocycles. The van der Waals surface area contributed by atoms with Crippen LogP contribution in [0.15, 0.2) is 77.9 Å². The Morgan fingerprint density at radius 1 is 0.633 bits per heavy atom. The lowest BCUT2D eigenvalue weighted by atomic mass is 9.68. The summed E-state index contributed by atoms with van der Waals surface area (Å²) in [4.78, 5) is 0. The highest BCUT2D eigenvalue weighted by Gasteiger charge is 2.31. The molecule has 0 spiro atoms. The fourth-order valence-electron chi connectivity index (χ4n) is 6.31. The Hall–Kier alpha value is -2.86. The summed E-state index contributed by atoms with van der Waals surface area (Å²) < 4.78 is 0. The van der Waals surface area contributed by atoms with Gasteiger partial charge in [0.25, 0.3) is 0 Å². The van der Waals surface area contributed by atoms with E-state index in [1.807, 2.05) is 0 Å². The summed E-state index contributed by atoms with van der Waals surface area (Å²) in [6.45, 7) is 0. The van der Waals surface area contributed by atoms with E-state index < -0.39 is 0 Å². The zero-order valence-electron chi connectivity index (χ0n) is 17.3. The predicted molar refractivity (Wildman–Crippen MR) is 129 cm³/mol. The molecule has 2 atom stereocenters. The van der Waals surface area contributed by atoms with Crippen LogP contribution in [0.5, 0.6) is 0 Å². The lowest BCUT2D eigenvalue weighted by Crippen LogP contribution is -2.24. The van der Waals surface area contributed by atoms with Crippen LogP contribution < -0.4 is 0 Å². The summed E-state index contributed by atoms with van der Waals surface area (Å²) in [7, 11) is 0. The van der Waals surface area contributed by atoms with E-state index in [-0.39, 0.29) is 0 Å². The number of benzene rings is 4. The number of fused-ring (bicyclic) bond motifs is 6. The molecule has 0 heteroatoms. The zero-order chi connectivity index (χ0) is 19.7. The lowest BCUT2D eigenvalue weighted by Gasteiger charge is -2.37. The first-order valence-corrected chi connectivity index (χ1v) is 11.6. The fraction of sp³-hybridized carbons (Fsp3) is 0.267. The Morgan fingerprint density at radius 2 is 1.33 bits per heavy atom. The highest BCUT2D eigenvalue weighted by Crippen LogP contribution is 2.45. The van der Waals surface area contributed by atoms with E-state index in [1.165, 1.54) is 76.4 Å². The van der Waals surface area contributed by atoms with Crippen LogP contribution in [0, 0.1) is 11.8 Å². The van der Waals surface area contributed by atoms with E-state index in [0.29, 0.717) is 0 Å². The molecule has 0 saturated heterocycles. The Balaban J connectivity index is 1.39. The number of rotatable bonds is 0.